The summed E-state index contributed by atoms with van der Waals surface area (Å²) < 4.78 is 13.2. The first-order valence-electron chi connectivity index (χ1n) is 4.82. The molecule has 0 unspecified atom stereocenters. The summed E-state index contributed by atoms with van der Waals surface area (Å²) in [6.45, 7) is 4.90. The first-order chi connectivity index (χ1) is 6.74. The van der Waals surface area contributed by atoms with Gasteiger partial charge in [0.1, 0.15) is 5.82 Å². The van der Waals surface area contributed by atoms with Gasteiger partial charge in [0.2, 0.25) is 0 Å². The Hall–Kier alpha value is -0.700. The summed E-state index contributed by atoms with van der Waals surface area (Å²) in [5, 5.41) is 3.09. The standard InChI is InChI=1S/C11H16FNS/c1-3-14-7-6-13-11-8-9(2)4-5-10(11)12/h4-5,8,13H,3,6-7H2,1-2H3. The van der Waals surface area contributed by atoms with E-state index in [1.54, 1.807) is 6.07 Å². The quantitative estimate of drug-likeness (QED) is 0.753. The molecule has 0 spiro atoms. The Morgan fingerprint density at radius 2 is 2.21 bits per heavy atom. The van der Waals surface area contributed by atoms with Crippen LogP contribution in [0.15, 0.2) is 18.2 Å². The number of thioether (sulfide) groups is 1. The highest BCUT2D eigenvalue weighted by Gasteiger charge is 2.00. The fraction of sp³-hybridized carbons (Fsp3) is 0.455. The summed E-state index contributed by atoms with van der Waals surface area (Å²) in [4.78, 5) is 0. The van der Waals surface area contributed by atoms with E-state index in [0.717, 1.165) is 23.6 Å². The van der Waals surface area contributed by atoms with Gasteiger partial charge in [-0.3, -0.25) is 0 Å². The van der Waals surface area contributed by atoms with Crippen LogP contribution in [0.2, 0.25) is 0 Å². The largest absolute Gasteiger partial charge is 0.382 e. The first kappa shape index (κ1) is 11.4. The van der Waals surface area contributed by atoms with Gasteiger partial charge in [0, 0.05) is 12.3 Å². The van der Waals surface area contributed by atoms with Crippen molar-refractivity contribution in [2.24, 2.45) is 0 Å². The van der Waals surface area contributed by atoms with E-state index in [0.29, 0.717) is 5.69 Å². The van der Waals surface area contributed by atoms with E-state index in [9.17, 15) is 4.39 Å². The van der Waals surface area contributed by atoms with Crippen molar-refractivity contribution in [3.63, 3.8) is 0 Å². The van der Waals surface area contributed by atoms with Crippen molar-refractivity contribution in [1.82, 2.24) is 0 Å². The van der Waals surface area contributed by atoms with E-state index in [2.05, 4.69) is 12.2 Å². The Morgan fingerprint density at radius 3 is 2.93 bits per heavy atom. The van der Waals surface area contributed by atoms with Gasteiger partial charge in [0.25, 0.3) is 0 Å². The van der Waals surface area contributed by atoms with Crippen molar-refractivity contribution in [1.29, 1.82) is 0 Å². The molecule has 0 radical (unpaired) electrons. The average Bonchev–Trinajstić information content (AvgIpc) is 2.18. The molecule has 0 saturated heterocycles. The van der Waals surface area contributed by atoms with E-state index in [-0.39, 0.29) is 5.82 Å². The summed E-state index contributed by atoms with van der Waals surface area (Å²) in [6.07, 6.45) is 0. The van der Waals surface area contributed by atoms with Crippen molar-refractivity contribution in [3.05, 3.63) is 29.6 Å². The summed E-state index contributed by atoms with van der Waals surface area (Å²) in [5.74, 6) is 1.96. The highest BCUT2D eigenvalue weighted by molar-refractivity contribution is 7.99. The monoisotopic (exact) mass is 213 g/mol. The van der Waals surface area contributed by atoms with Crippen LogP contribution in [0, 0.1) is 12.7 Å². The van der Waals surface area contributed by atoms with Crippen molar-refractivity contribution >= 4 is 17.4 Å². The molecule has 0 aliphatic rings. The SMILES string of the molecule is CCSCCNc1cc(C)ccc1F. The third-order valence-corrected chi connectivity index (χ3v) is 2.79. The minimum absolute atomic E-state index is 0.169. The molecule has 0 atom stereocenters. The van der Waals surface area contributed by atoms with Gasteiger partial charge < -0.3 is 5.32 Å². The molecule has 3 heteroatoms. The number of hydrogen-bond donors (Lipinski definition) is 1. The Bertz CT molecular complexity index is 289. The van der Waals surface area contributed by atoms with Crippen LogP contribution in [0.3, 0.4) is 0 Å². The second-order valence-electron chi connectivity index (χ2n) is 3.11. The van der Waals surface area contributed by atoms with Crippen LogP contribution in [0.4, 0.5) is 10.1 Å². The van der Waals surface area contributed by atoms with Crippen LogP contribution < -0.4 is 5.32 Å². The number of benzene rings is 1. The zero-order valence-electron chi connectivity index (χ0n) is 8.64. The van der Waals surface area contributed by atoms with Crippen LogP contribution in [-0.2, 0) is 0 Å². The molecule has 0 heterocycles. The third-order valence-electron chi connectivity index (χ3n) is 1.89. The molecular weight excluding hydrogens is 197 g/mol. The number of hydrogen-bond acceptors (Lipinski definition) is 2. The van der Waals surface area contributed by atoms with Gasteiger partial charge in [0.05, 0.1) is 5.69 Å². The molecule has 1 rings (SSSR count). The summed E-state index contributed by atoms with van der Waals surface area (Å²) in [7, 11) is 0. The molecule has 0 aromatic heterocycles. The molecule has 0 saturated carbocycles. The van der Waals surface area contributed by atoms with Gasteiger partial charge >= 0.3 is 0 Å². The lowest BCUT2D eigenvalue weighted by molar-refractivity contribution is 0.630. The average molecular weight is 213 g/mol. The Morgan fingerprint density at radius 1 is 1.43 bits per heavy atom. The highest BCUT2D eigenvalue weighted by Crippen LogP contribution is 2.15. The zero-order chi connectivity index (χ0) is 10.4. The topological polar surface area (TPSA) is 12.0 Å². The number of nitrogens with one attached hydrogen (secondary N) is 1. The van der Waals surface area contributed by atoms with E-state index >= 15 is 0 Å². The maximum absolute atomic E-state index is 13.2. The molecule has 0 aliphatic carbocycles. The van der Waals surface area contributed by atoms with Crippen LogP contribution in [0.5, 0.6) is 0 Å². The van der Waals surface area contributed by atoms with Crippen molar-refractivity contribution in [3.8, 4) is 0 Å². The molecule has 1 nitrogen and oxygen atoms in total. The first-order valence-corrected chi connectivity index (χ1v) is 5.97. The predicted molar refractivity (Wildman–Crippen MR) is 62.6 cm³/mol. The Balaban J connectivity index is 2.45. The maximum Gasteiger partial charge on any atom is 0.146 e. The van der Waals surface area contributed by atoms with Crippen molar-refractivity contribution < 1.29 is 4.39 Å². The van der Waals surface area contributed by atoms with E-state index in [4.69, 9.17) is 0 Å². The van der Waals surface area contributed by atoms with Gasteiger partial charge in [-0.1, -0.05) is 13.0 Å². The minimum atomic E-state index is -0.169. The van der Waals surface area contributed by atoms with Crippen LogP contribution in [0.1, 0.15) is 12.5 Å². The molecule has 0 aliphatic heterocycles. The fourth-order valence-electron chi connectivity index (χ4n) is 1.18. The molecular formula is C11H16FNS. The lowest BCUT2D eigenvalue weighted by Crippen LogP contribution is -2.05. The van der Waals surface area contributed by atoms with E-state index in [1.807, 2.05) is 24.8 Å². The molecule has 0 amide bonds. The fourth-order valence-corrected chi connectivity index (χ4v) is 1.71. The summed E-state index contributed by atoms with van der Waals surface area (Å²) in [5.41, 5.74) is 1.69. The zero-order valence-corrected chi connectivity index (χ0v) is 9.46. The van der Waals surface area contributed by atoms with Gasteiger partial charge in [-0.25, -0.2) is 4.39 Å². The Kier molecular flexibility index (Phi) is 4.80. The van der Waals surface area contributed by atoms with Gasteiger partial charge in [-0.2, -0.15) is 11.8 Å². The number of halogens is 1. The maximum atomic E-state index is 13.2. The van der Waals surface area contributed by atoms with Crippen LogP contribution in [0.25, 0.3) is 0 Å². The molecule has 0 bridgehead atoms. The minimum Gasteiger partial charge on any atom is -0.382 e. The lowest BCUT2D eigenvalue weighted by atomic mass is 10.2. The number of anilines is 1. The molecule has 1 N–H and O–H groups in total. The Labute approximate surface area is 89.1 Å². The molecule has 0 fully saturated rings. The highest BCUT2D eigenvalue weighted by atomic mass is 32.2. The van der Waals surface area contributed by atoms with Crippen LogP contribution >= 0.6 is 11.8 Å². The van der Waals surface area contributed by atoms with Crippen LogP contribution in [-0.4, -0.2) is 18.1 Å². The predicted octanol–water partition coefficient (Wildman–Crippen LogP) is 3.30. The van der Waals surface area contributed by atoms with E-state index in [1.165, 1.54) is 6.07 Å². The number of aryl methyl sites for hydroxylation is 1. The van der Waals surface area contributed by atoms with Gasteiger partial charge in [-0.05, 0) is 30.4 Å². The third kappa shape index (κ3) is 3.58. The van der Waals surface area contributed by atoms with Crippen molar-refractivity contribution in [2.45, 2.75) is 13.8 Å². The lowest BCUT2D eigenvalue weighted by Gasteiger charge is -2.07. The van der Waals surface area contributed by atoms with Gasteiger partial charge in [-0.15, -0.1) is 0 Å². The normalized spacial score (nSPS) is 10.2. The summed E-state index contributed by atoms with van der Waals surface area (Å²) >= 11 is 1.85. The number of rotatable bonds is 5. The van der Waals surface area contributed by atoms with E-state index < -0.39 is 0 Å². The second-order valence-corrected chi connectivity index (χ2v) is 4.50. The smallest absolute Gasteiger partial charge is 0.146 e. The second kappa shape index (κ2) is 5.91. The molecule has 78 valence electrons. The molecule has 1 aromatic rings. The molecule has 1 aromatic carbocycles. The summed E-state index contributed by atoms with van der Waals surface area (Å²) in [6, 6.07) is 5.12. The van der Waals surface area contributed by atoms with Gasteiger partial charge in [0.15, 0.2) is 0 Å². The molecule has 14 heavy (non-hydrogen) atoms. The van der Waals surface area contributed by atoms with Crippen molar-refractivity contribution in [2.75, 3.05) is 23.4 Å².